The molecule has 1 aromatic carbocycles. The molecule has 0 aliphatic heterocycles. The largest absolute Gasteiger partial charge is 0.419 e. The van der Waals surface area contributed by atoms with Gasteiger partial charge in [-0.05, 0) is 19.1 Å². The molecule has 0 saturated heterocycles. The van der Waals surface area contributed by atoms with Crippen molar-refractivity contribution in [2.75, 3.05) is 13.6 Å². The van der Waals surface area contributed by atoms with E-state index >= 15 is 0 Å². The van der Waals surface area contributed by atoms with Gasteiger partial charge < -0.3 is 10.6 Å². The molecule has 0 aromatic heterocycles. The monoisotopic (exact) mass is 314 g/mol. The smallest absolute Gasteiger partial charge is 0.338 e. The van der Waals surface area contributed by atoms with E-state index in [1.165, 1.54) is 7.05 Å². The highest BCUT2D eigenvalue weighted by Gasteiger charge is 2.36. The van der Waals surface area contributed by atoms with E-state index in [2.05, 4.69) is 0 Å². The number of nitrogens with zero attached hydrogens (tertiary/aromatic N) is 1. The lowest BCUT2D eigenvalue weighted by atomic mass is 10.1. The number of hydrogen-bond donors (Lipinski definition) is 1. The molecule has 1 rings (SSSR count). The molecule has 0 saturated carbocycles. The van der Waals surface area contributed by atoms with Crippen LogP contribution in [0.15, 0.2) is 18.2 Å². The molecule has 0 radical (unpaired) electrons. The second-order valence-corrected chi connectivity index (χ2v) is 4.17. The molecule has 0 heterocycles. The summed E-state index contributed by atoms with van der Waals surface area (Å²) in [6.07, 6.45) is -4.83. The van der Waals surface area contributed by atoms with Crippen LogP contribution in [-0.4, -0.2) is 30.4 Å². The Labute approximate surface area is 120 Å². The summed E-state index contributed by atoms with van der Waals surface area (Å²) in [7, 11) is 1.36. The van der Waals surface area contributed by atoms with Crippen molar-refractivity contribution in [1.82, 2.24) is 4.90 Å². The van der Waals surface area contributed by atoms with Gasteiger partial charge in [-0.15, -0.1) is 12.4 Å². The Balaban J connectivity index is 0.00000361. The average molecular weight is 315 g/mol. The van der Waals surface area contributed by atoms with Gasteiger partial charge in [-0.1, -0.05) is 6.07 Å². The Hall–Kier alpha value is -1.34. The van der Waals surface area contributed by atoms with E-state index in [-0.39, 0.29) is 19.0 Å². The van der Waals surface area contributed by atoms with Crippen LogP contribution in [0.1, 0.15) is 22.8 Å². The van der Waals surface area contributed by atoms with Gasteiger partial charge in [-0.2, -0.15) is 13.2 Å². The second kappa shape index (κ2) is 6.90. The molecular formula is C12H15ClF4N2O. The van der Waals surface area contributed by atoms with Crippen LogP contribution in [0.3, 0.4) is 0 Å². The first-order valence-electron chi connectivity index (χ1n) is 5.53. The van der Waals surface area contributed by atoms with Crippen LogP contribution in [0, 0.1) is 5.82 Å². The zero-order valence-electron chi connectivity index (χ0n) is 10.9. The van der Waals surface area contributed by atoms with Gasteiger partial charge >= 0.3 is 6.18 Å². The summed E-state index contributed by atoms with van der Waals surface area (Å²) in [5.74, 6) is -2.39. The van der Waals surface area contributed by atoms with Crippen LogP contribution < -0.4 is 5.73 Å². The number of nitrogens with two attached hydrogens (primary N) is 1. The van der Waals surface area contributed by atoms with Gasteiger partial charge in [-0.25, -0.2) is 4.39 Å². The summed E-state index contributed by atoms with van der Waals surface area (Å²) >= 11 is 0. The SMILES string of the molecule is CC(CN)N(C)C(=O)c1cccc(C(F)(F)F)c1F.Cl. The minimum absolute atomic E-state index is 0. The summed E-state index contributed by atoms with van der Waals surface area (Å²) in [5.41, 5.74) is 3.29. The third-order valence-corrected chi connectivity index (χ3v) is 2.86. The van der Waals surface area contributed by atoms with Crippen molar-refractivity contribution in [3.05, 3.63) is 35.1 Å². The highest BCUT2D eigenvalue weighted by molar-refractivity contribution is 5.94. The maximum atomic E-state index is 13.7. The van der Waals surface area contributed by atoms with E-state index in [1.54, 1.807) is 6.92 Å². The van der Waals surface area contributed by atoms with Crippen molar-refractivity contribution in [1.29, 1.82) is 0 Å². The minimum atomic E-state index is -4.83. The van der Waals surface area contributed by atoms with Crippen molar-refractivity contribution in [2.24, 2.45) is 5.73 Å². The van der Waals surface area contributed by atoms with Gasteiger partial charge in [0.15, 0.2) is 0 Å². The fourth-order valence-corrected chi connectivity index (χ4v) is 1.46. The van der Waals surface area contributed by atoms with Gasteiger partial charge in [0.1, 0.15) is 5.82 Å². The van der Waals surface area contributed by atoms with E-state index in [0.717, 1.165) is 17.0 Å². The van der Waals surface area contributed by atoms with Gasteiger partial charge in [0.05, 0.1) is 11.1 Å². The summed E-state index contributed by atoms with van der Waals surface area (Å²) in [4.78, 5) is 13.0. The summed E-state index contributed by atoms with van der Waals surface area (Å²) in [6, 6.07) is 2.21. The lowest BCUT2D eigenvalue weighted by Crippen LogP contribution is -2.40. The molecule has 2 N–H and O–H groups in total. The lowest BCUT2D eigenvalue weighted by molar-refractivity contribution is -0.140. The molecule has 1 aromatic rings. The quantitative estimate of drug-likeness (QED) is 0.872. The fraction of sp³-hybridized carbons (Fsp3) is 0.417. The molecule has 114 valence electrons. The number of hydrogen-bond acceptors (Lipinski definition) is 2. The molecule has 8 heteroatoms. The Morgan fingerprint density at radius 1 is 1.40 bits per heavy atom. The predicted molar refractivity (Wildman–Crippen MR) is 69.3 cm³/mol. The Morgan fingerprint density at radius 2 is 1.95 bits per heavy atom. The van der Waals surface area contributed by atoms with Crippen LogP contribution in [0.2, 0.25) is 0 Å². The lowest BCUT2D eigenvalue weighted by Gasteiger charge is -2.24. The standard InChI is InChI=1S/C12H14F4N2O.ClH/c1-7(6-17)18(2)11(19)8-4-3-5-9(10(8)13)12(14,15)16;/h3-5,7H,6,17H2,1-2H3;1H. The Kier molecular flexibility index (Phi) is 6.43. The molecule has 0 aliphatic carbocycles. The van der Waals surface area contributed by atoms with Crippen molar-refractivity contribution in [2.45, 2.75) is 19.1 Å². The van der Waals surface area contributed by atoms with Crippen molar-refractivity contribution in [3.63, 3.8) is 0 Å². The number of amides is 1. The summed E-state index contributed by atoms with van der Waals surface area (Å²) < 4.78 is 51.3. The van der Waals surface area contributed by atoms with Gasteiger partial charge in [0.2, 0.25) is 0 Å². The third-order valence-electron chi connectivity index (χ3n) is 2.86. The molecular weight excluding hydrogens is 300 g/mol. The molecule has 20 heavy (non-hydrogen) atoms. The molecule has 0 bridgehead atoms. The molecule has 1 amide bonds. The van der Waals surface area contributed by atoms with Crippen LogP contribution in [-0.2, 0) is 6.18 Å². The van der Waals surface area contributed by atoms with Crippen LogP contribution in [0.25, 0.3) is 0 Å². The zero-order chi connectivity index (χ0) is 14.8. The van der Waals surface area contributed by atoms with Crippen LogP contribution in [0.5, 0.6) is 0 Å². The Bertz CT molecular complexity index is 479. The minimum Gasteiger partial charge on any atom is -0.338 e. The number of halogens is 5. The fourth-order valence-electron chi connectivity index (χ4n) is 1.46. The number of alkyl halides is 3. The predicted octanol–water partition coefficient (Wildman–Crippen LogP) is 2.69. The van der Waals surface area contributed by atoms with Crippen molar-refractivity contribution >= 4 is 18.3 Å². The van der Waals surface area contributed by atoms with Gasteiger partial charge in [-0.3, -0.25) is 4.79 Å². The zero-order valence-corrected chi connectivity index (χ0v) is 11.7. The number of likely N-dealkylation sites (N-methyl/N-ethyl adjacent to an activating group) is 1. The van der Waals surface area contributed by atoms with E-state index in [0.29, 0.717) is 6.07 Å². The van der Waals surface area contributed by atoms with Crippen molar-refractivity contribution < 1.29 is 22.4 Å². The first-order chi connectivity index (χ1) is 8.70. The first-order valence-corrected chi connectivity index (χ1v) is 5.53. The maximum absolute atomic E-state index is 13.7. The summed E-state index contributed by atoms with van der Waals surface area (Å²) in [6.45, 7) is 1.74. The van der Waals surface area contributed by atoms with Gasteiger partial charge in [0, 0.05) is 19.6 Å². The molecule has 1 atom stereocenters. The number of benzene rings is 1. The maximum Gasteiger partial charge on any atom is 0.419 e. The number of carbonyl (C=O) groups is 1. The molecule has 0 spiro atoms. The molecule has 0 fully saturated rings. The average Bonchev–Trinajstić information content (AvgIpc) is 2.35. The topological polar surface area (TPSA) is 46.3 Å². The molecule has 0 aliphatic rings. The molecule has 3 nitrogen and oxygen atoms in total. The van der Waals surface area contributed by atoms with E-state index < -0.39 is 35.1 Å². The highest BCUT2D eigenvalue weighted by atomic mass is 35.5. The van der Waals surface area contributed by atoms with E-state index in [9.17, 15) is 22.4 Å². The first kappa shape index (κ1) is 18.7. The van der Waals surface area contributed by atoms with Crippen LogP contribution >= 0.6 is 12.4 Å². The Morgan fingerprint density at radius 3 is 2.40 bits per heavy atom. The third kappa shape index (κ3) is 3.83. The number of rotatable bonds is 3. The van der Waals surface area contributed by atoms with Gasteiger partial charge in [0.25, 0.3) is 5.91 Å². The normalized spacial score (nSPS) is 12.6. The van der Waals surface area contributed by atoms with Crippen LogP contribution in [0.4, 0.5) is 17.6 Å². The highest BCUT2D eigenvalue weighted by Crippen LogP contribution is 2.32. The number of carbonyl (C=O) groups excluding carboxylic acids is 1. The second-order valence-electron chi connectivity index (χ2n) is 4.17. The van der Waals surface area contributed by atoms with E-state index in [1.807, 2.05) is 0 Å². The van der Waals surface area contributed by atoms with Crippen molar-refractivity contribution in [3.8, 4) is 0 Å². The van der Waals surface area contributed by atoms with E-state index in [4.69, 9.17) is 5.73 Å². The molecule has 1 unspecified atom stereocenters. The summed E-state index contributed by atoms with van der Waals surface area (Å²) in [5, 5.41) is 0.